The third-order valence-corrected chi connectivity index (χ3v) is 3.54. The maximum Gasteiger partial charge on any atom is 0.121 e. The second-order valence-corrected chi connectivity index (χ2v) is 5.78. The molecule has 0 aliphatic rings. The lowest BCUT2D eigenvalue weighted by Crippen LogP contribution is -2.33. The lowest BCUT2D eigenvalue weighted by Gasteiger charge is -2.28. The van der Waals surface area contributed by atoms with E-state index >= 15 is 0 Å². The van der Waals surface area contributed by atoms with Gasteiger partial charge in [0.2, 0.25) is 0 Å². The number of imidazole rings is 1. The van der Waals surface area contributed by atoms with E-state index in [1.54, 1.807) is 14.2 Å². The van der Waals surface area contributed by atoms with Gasteiger partial charge < -0.3 is 14.0 Å². The van der Waals surface area contributed by atoms with E-state index in [2.05, 4.69) is 18.4 Å². The molecule has 2 rings (SSSR count). The van der Waals surface area contributed by atoms with Crippen LogP contribution in [-0.4, -0.2) is 36.3 Å². The predicted octanol–water partition coefficient (Wildman–Crippen LogP) is 3.21. The number of nitrogens with zero attached hydrogens (tertiary/aromatic N) is 2. The summed E-state index contributed by atoms with van der Waals surface area (Å²) >= 11 is 5.91. The van der Waals surface area contributed by atoms with E-state index in [0.717, 1.165) is 29.0 Å². The van der Waals surface area contributed by atoms with Crippen molar-refractivity contribution in [1.29, 1.82) is 0 Å². The van der Waals surface area contributed by atoms with Crippen molar-refractivity contribution >= 4 is 22.6 Å². The number of halogens is 1. The molecule has 0 bridgehead atoms. The summed E-state index contributed by atoms with van der Waals surface area (Å²) in [6.07, 6.45) is 0.728. The molecule has 0 atom stereocenters. The number of aromatic nitrogens is 2. The van der Waals surface area contributed by atoms with E-state index in [4.69, 9.17) is 26.1 Å². The van der Waals surface area contributed by atoms with Crippen molar-refractivity contribution in [3.63, 3.8) is 0 Å². The summed E-state index contributed by atoms with van der Waals surface area (Å²) in [5, 5.41) is 0. The SMILES string of the molecule is COCC(C)(C)n1c(CCCl)nc2cc(OC)ccc21. The largest absolute Gasteiger partial charge is 0.497 e. The second-order valence-electron chi connectivity index (χ2n) is 5.40. The summed E-state index contributed by atoms with van der Waals surface area (Å²) in [6.45, 7) is 4.89. The average Bonchev–Trinajstić information content (AvgIpc) is 2.76. The molecule has 20 heavy (non-hydrogen) atoms. The molecule has 0 saturated heterocycles. The molecule has 5 heteroatoms. The molecule has 0 amide bonds. The molecule has 4 nitrogen and oxygen atoms in total. The fourth-order valence-electron chi connectivity index (χ4n) is 2.58. The predicted molar refractivity (Wildman–Crippen MR) is 81.9 cm³/mol. The number of hydrogen-bond acceptors (Lipinski definition) is 3. The van der Waals surface area contributed by atoms with Gasteiger partial charge in [-0.15, -0.1) is 11.6 Å². The summed E-state index contributed by atoms with van der Waals surface area (Å²) in [5.74, 6) is 2.33. The first kappa shape index (κ1) is 15.1. The summed E-state index contributed by atoms with van der Waals surface area (Å²) < 4.78 is 12.8. The number of hydrogen-bond donors (Lipinski definition) is 0. The molecule has 1 heterocycles. The Balaban J connectivity index is 2.62. The van der Waals surface area contributed by atoms with E-state index in [0.29, 0.717) is 12.5 Å². The zero-order valence-corrected chi connectivity index (χ0v) is 13.2. The molecule has 0 fully saturated rings. The van der Waals surface area contributed by atoms with Crippen LogP contribution >= 0.6 is 11.6 Å². The average molecular weight is 297 g/mol. The van der Waals surface area contributed by atoms with Crippen LogP contribution < -0.4 is 4.74 Å². The number of rotatable bonds is 6. The van der Waals surface area contributed by atoms with Crippen molar-refractivity contribution < 1.29 is 9.47 Å². The Bertz CT molecular complexity index is 593. The summed E-state index contributed by atoms with van der Waals surface area (Å²) in [6, 6.07) is 5.94. The molecule has 0 saturated carbocycles. The Kier molecular flexibility index (Phi) is 4.55. The van der Waals surface area contributed by atoms with Crippen LogP contribution in [0.2, 0.25) is 0 Å². The Morgan fingerprint density at radius 2 is 2.05 bits per heavy atom. The van der Waals surface area contributed by atoms with Crippen LogP contribution in [0.1, 0.15) is 19.7 Å². The number of methoxy groups -OCH3 is 2. The van der Waals surface area contributed by atoms with Gasteiger partial charge in [-0.2, -0.15) is 0 Å². The van der Waals surface area contributed by atoms with Crippen molar-refractivity contribution in [3.8, 4) is 5.75 Å². The second kappa shape index (κ2) is 6.02. The molecule has 2 aromatic rings. The van der Waals surface area contributed by atoms with Gasteiger partial charge in [-0.25, -0.2) is 4.98 Å². The first-order valence-corrected chi connectivity index (χ1v) is 7.17. The number of fused-ring (bicyclic) bond motifs is 1. The molecule has 0 spiro atoms. The number of benzene rings is 1. The van der Waals surface area contributed by atoms with Crippen molar-refractivity contribution in [3.05, 3.63) is 24.0 Å². The van der Waals surface area contributed by atoms with Gasteiger partial charge in [0.1, 0.15) is 11.6 Å². The highest BCUT2D eigenvalue weighted by Gasteiger charge is 2.26. The van der Waals surface area contributed by atoms with Crippen LogP contribution in [0, 0.1) is 0 Å². The zero-order valence-electron chi connectivity index (χ0n) is 12.4. The van der Waals surface area contributed by atoms with E-state index < -0.39 is 0 Å². The van der Waals surface area contributed by atoms with Crippen molar-refractivity contribution in [1.82, 2.24) is 9.55 Å². The Labute approximate surface area is 124 Å². The van der Waals surface area contributed by atoms with Gasteiger partial charge in [0.25, 0.3) is 0 Å². The van der Waals surface area contributed by atoms with Gasteiger partial charge in [-0.3, -0.25) is 0 Å². The Morgan fingerprint density at radius 3 is 2.65 bits per heavy atom. The van der Waals surface area contributed by atoms with Crippen LogP contribution in [0.3, 0.4) is 0 Å². The van der Waals surface area contributed by atoms with E-state index in [1.807, 2.05) is 18.2 Å². The van der Waals surface area contributed by atoms with Crippen LogP contribution in [0.4, 0.5) is 0 Å². The smallest absolute Gasteiger partial charge is 0.121 e. The molecule has 0 aliphatic heterocycles. The highest BCUT2D eigenvalue weighted by molar-refractivity contribution is 6.17. The quantitative estimate of drug-likeness (QED) is 0.768. The minimum atomic E-state index is -0.181. The van der Waals surface area contributed by atoms with Crippen LogP contribution in [-0.2, 0) is 16.7 Å². The van der Waals surface area contributed by atoms with Gasteiger partial charge in [0.05, 0.1) is 30.3 Å². The van der Waals surface area contributed by atoms with Gasteiger partial charge in [-0.1, -0.05) is 0 Å². The monoisotopic (exact) mass is 296 g/mol. The molecular weight excluding hydrogens is 276 g/mol. The van der Waals surface area contributed by atoms with Gasteiger partial charge >= 0.3 is 0 Å². The van der Waals surface area contributed by atoms with Crippen molar-refractivity contribution in [2.24, 2.45) is 0 Å². The molecule has 110 valence electrons. The lowest BCUT2D eigenvalue weighted by molar-refractivity contribution is 0.110. The summed E-state index contributed by atoms with van der Waals surface area (Å²) in [5.41, 5.74) is 1.82. The number of ether oxygens (including phenoxy) is 2. The minimum absolute atomic E-state index is 0.181. The number of alkyl halides is 1. The molecule has 0 aliphatic carbocycles. The standard InChI is InChI=1S/C15H21ClN2O2/c1-15(2,10-19-3)18-13-6-5-11(20-4)9-12(13)17-14(18)7-8-16/h5-6,9H,7-8,10H2,1-4H3. The number of aryl methyl sites for hydroxylation is 1. The Morgan fingerprint density at radius 1 is 1.30 bits per heavy atom. The normalized spacial score (nSPS) is 12.1. The summed E-state index contributed by atoms with van der Waals surface area (Å²) in [7, 11) is 3.37. The first-order valence-electron chi connectivity index (χ1n) is 6.64. The maximum atomic E-state index is 5.91. The highest BCUT2D eigenvalue weighted by Crippen LogP contribution is 2.28. The molecule has 0 unspecified atom stereocenters. The third-order valence-electron chi connectivity index (χ3n) is 3.35. The maximum absolute atomic E-state index is 5.91. The molecular formula is C15H21ClN2O2. The highest BCUT2D eigenvalue weighted by atomic mass is 35.5. The summed E-state index contributed by atoms with van der Waals surface area (Å²) in [4.78, 5) is 4.70. The zero-order chi connectivity index (χ0) is 14.8. The minimum Gasteiger partial charge on any atom is -0.497 e. The van der Waals surface area contributed by atoms with E-state index in [-0.39, 0.29) is 5.54 Å². The first-order chi connectivity index (χ1) is 9.53. The van der Waals surface area contributed by atoms with Gasteiger partial charge in [0, 0.05) is 25.5 Å². The topological polar surface area (TPSA) is 36.3 Å². The molecule has 0 N–H and O–H groups in total. The fraction of sp³-hybridized carbons (Fsp3) is 0.533. The Hall–Kier alpha value is -1.26. The van der Waals surface area contributed by atoms with Crippen molar-refractivity contribution in [2.45, 2.75) is 25.8 Å². The molecule has 1 aromatic heterocycles. The third kappa shape index (κ3) is 2.76. The van der Waals surface area contributed by atoms with Crippen LogP contribution in [0.25, 0.3) is 11.0 Å². The van der Waals surface area contributed by atoms with E-state index in [9.17, 15) is 0 Å². The molecule has 0 radical (unpaired) electrons. The van der Waals surface area contributed by atoms with Crippen LogP contribution in [0.5, 0.6) is 5.75 Å². The van der Waals surface area contributed by atoms with Gasteiger partial charge in [0.15, 0.2) is 0 Å². The fourth-order valence-corrected chi connectivity index (χ4v) is 2.75. The lowest BCUT2D eigenvalue weighted by atomic mass is 10.1. The van der Waals surface area contributed by atoms with Gasteiger partial charge in [-0.05, 0) is 26.0 Å². The van der Waals surface area contributed by atoms with E-state index in [1.165, 1.54) is 0 Å². The molecule has 1 aromatic carbocycles. The van der Waals surface area contributed by atoms with Crippen LogP contribution in [0.15, 0.2) is 18.2 Å². The van der Waals surface area contributed by atoms with Crippen molar-refractivity contribution in [2.75, 3.05) is 26.7 Å².